The Balaban J connectivity index is 1.70. The third-order valence-corrected chi connectivity index (χ3v) is 5.28. The van der Waals surface area contributed by atoms with Gasteiger partial charge in [0.05, 0.1) is 5.02 Å². The molecule has 0 N–H and O–H groups in total. The number of pyridine rings is 1. The third-order valence-electron chi connectivity index (χ3n) is 4.96. The number of carbonyl (C=O) groups is 2. The minimum absolute atomic E-state index is 0.0464. The molecule has 0 aliphatic heterocycles. The minimum atomic E-state index is -0.541. The highest BCUT2D eigenvalue weighted by Gasteiger charge is 2.13. The molecule has 1 heterocycles. The Morgan fingerprint density at radius 2 is 1.73 bits per heavy atom. The Bertz CT molecular complexity index is 1050. The number of aromatic nitrogens is 1. The first-order chi connectivity index (χ1) is 14.4. The number of halogens is 2. The van der Waals surface area contributed by atoms with Crippen LogP contribution in [0.15, 0.2) is 60.8 Å². The lowest BCUT2D eigenvalue weighted by atomic mass is 9.99. The molecule has 6 heteroatoms. The first-order valence-corrected chi connectivity index (χ1v) is 10.1. The lowest BCUT2D eigenvalue weighted by molar-refractivity contribution is -0.118. The van der Waals surface area contributed by atoms with Crippen LogP contribution < -0.4 is 4.90 Å². The molecular formula is C24H22ClFN2O2. The normalized spacial score (nSPS) is 10.7. The smallest absolute Gasteiger partial charge is 0.226 e. The molecule has 30 heavy (non-hydrogen) atoms. The summed E-state index contributed by atoms with van der Waals surface area (Å²) in [5, 5.41) is 0.386. The Labute approximate surface area is 180 Å². The Kier molecular flexibility index (Phi) is 6.95. The molecule has 0 saturated heterocycles. The van der Waals surface area contributed by atoms with Crippen molar-refractivity contribution in [3.63, 3.8) is 0 Å². The summed E-state index contributed by atoms with van der Waals surface area (Å²) >= 11 is 6.38. The summed E-state index contributed by atoms with van der Waals surface area (Å²) in [7, 11) is 1.75. The van der Waals surface area contributed by atoms with Crippen LogP contribution in [0.3, 0.4) is 0 Å². The molecule has 0 aliphatic rings. The maximum Gasteiger partial charge on any atom is 0.226 e. The van der Waals surface area contributed by atoms with E-state index in [1.807, 2.05) is 37.3 Å². The van der Waals surface area contributed by atoms with Crippen molar-refractivity contribution in [2.45, 2.75) is 26.2 Å². The van der Waals surface area contributed by atoms with Crippen LogP contribution in [-0.2, 0) is 11.2 Å². The van der Waals surface area contributed by atoms with Gasteiger partial charge in [0, 0.05) is 37.3 Å². The number of anilines is 1. The molecule has 0 atom stereocenters. The fourth-order valence-corrected chi connectivity index (χ4v) is 3.41. The van der Waals surface area contributed by atoms with Gasteiger partial charge < -0.3 is 4.90 Å². The van der Waals surface area contributed by atoms with Gasteiger partial charge in [-0.1, -0.05) is 42.8 Å². The van der Waals surface area contributed by atoms with Gasteiger partial charge in [-0.3, -0.25) is 9.59 Å². The van der Waals surface area contributed by atoms with Crippen LogP contribution in [0.2, 0.25) is 5.02 Å². The molecule has 3 rings (SSSR count). The molecule has 1 amide bonds. The summed E-state index contributed by atoms with van der Waals surface area (Å²) in [4.78, 5) is 29.6. The van der Waals surface area contributed by atoms with Crippen molar-refractivity contribution in [3.05, 3.63) is 82.9 Å². The molecular weight excluding hydrogens is 403 g/mol. The SMILES string of the molecule is CCC(=O)N(C)c1ccc(-c2ccc(C(=O)CCc3ccc(F)nc3)c(Cl)c2)cc1. The third kappa shape index (κ3) is 5.10. The number of Topliss-reactive ketones (excluding diaryl/α,β-unsaturated/α-hetero) is 1. The fraction of sp³-hybridized carbons (Fsp3) is 0.208. The van der Waals surface area contributed by atoms with E-state index in [4.69, 9.17) is 11.6 Å². The first-order valence-electron chi connectivity index (χ1n) is 9.69. The monoisotopic (exact) mass is 424 g/mol. The van der Waals surface area contributed by atoms with Crippen LogP contribution in [0.5, 0.6) is 0 Å². The highest BCUT2D eigenvalue weighted by Crippen LogP contribution is 2.28. The lowest BCUT2D eigenvalue weighted by Crippen LogP contribution is -2.24. The number of carbonyl (C=O) groups excluding carboxylic acids is 2. The summed E-state index contributed by atoms with van der Waals surface area (Å²) < 4.78 is 12.9. The van der Waals surface area contributed by atoms with Gasteiger partial charge >= 0.3 is 0 Å². The molecule has 0 bridgehead atoms. The Morgan fingerprint density at radius 1 is 1.03 bits per heavy atom. The zero-order valence-corrected chi connectivity index (χ0v) is 17.6. The van der Waals surface area contributed by atoms with E-state index in [2.05, 4.69) is 4.98 Å². The van der Waals surface area contributed by atoms with Gasteiger partial charge in [-0.15, -0.1) is 0 Å². The van der Waals surface area contributed by atoms with Gasteiger partial charge in [0.15, 0.2) is 5.78 Å². The van der Waals surface area contributed by atoms with Crippen LogP contribution in [0.25, 0.3) is 11.1 Å². The van der Waals surface area contributed by atoms with Gasteiger partial charge in [-0.2, -0.15) is 4.39 Å². The van der Waals surface area contributed by atoms with Gasteiger partial charge in [-0.25, -0.2) is 4.98 Å². The maximum absolute atomic E-state index is 12.9. The van der Waals surface area contributed by atoms with Crippen LogP contribution in [0.4, 0.5) is 10.1 Å². The van der Waals surface area contributed by atoms with E-state index in [1.54, 1.807) is 30.1 Å². The van der Waals surface area contributed by atoms with Gasteiger partial charge in [0.25, 0.3) is 0 Å². The van der Waals surface area contributed by atoms with Crippen molar-refractivity contribution in [3.8, 4) is 11.1 Å². The average Bonchev–Trinajstić information content (AvgIpc) is 2.77. The quantitative estimate of drug-likeness (QED) is 0.359. The molecule has 0 unspecified atom stereocenters. The number of amides is 1. The van der Waals surface area contributed by atoms with Gasteiger partial charge in [0.1, 0.15) is 0 Å². The Morgan fingerprint density at radius 3 is 2.33 bits per heavy atom. The second-order valence-electron chi connectivity index (χ2n) is 6.96. The molecule has 0 saturated carbocycles. The molecule has 2 aromatic carbocycles. The standard InChI is InChI=1S/C24H22ClFN2O2/c1-3-24(30)28(2)19-9-6-17(7-10-19)18-8-11-20(21(25)14-18)22(29)12-4-16-5-13-23(26)27-15-16/h5-11,13-15H,3-4,12H2,1-2H3. The number of benzene rings is 2. The van der Waals surface area contributed by atoms with Crippen LogP contribution in [0.1, 0.15) is 35.7 Å². The van der Waals surface area contributed by atoms with Crippen molar-refractivity contribution in [2.24, 2.45) is 0 Å². The zero-order valence-electron chi connectivity index (χ0n) is 16.9. The summed E-state index contributed by atoms with van der Waals surface area (Å²) in [6, 6.07) is 15.9. The summed E-state index contributed by atoms with van der Waals surface area (Å²) in [5.41, 5.74) is 3.90. The van der Waals surface area contributed by atoms with Crippen LogP contribution in [-0.4, -0.2) is 23.7 Å². The topological polar surface area (TPSA) is 50.3 Å². The molecule has 1 aromatic heterocycles. The fourth-order valence-electron chi connectivity index (χ4n) is 3.13. The van der Waals surface area contributed by atoms with E-state index in [0.717, 1.165) is 22.4 Å². The number of hydrogen-bond acceptors (Lipinski definition) is 3. The van der Waals surface area contributed by atoms with Crippen molar-refractivity contribution in [2.75, 3.05) is 11.9 Å². The van der Waals surface area contributed by atoms with E-state index in [9.17, 15) is 14.0 Å². The molecule has 0 radical (unpaired) electrons. The second kappa shape index (κ2) is 9.63. The number of rotatable bonds is 7. The van der Waals surface area contributed by atoms with Crippen LogP contribution in [0, 0.1) is 5.95 Å². The predicted octanol–water partition coefficient (Wildman–Crippen LogP) is 5.73. The molecule has 3 aromatic rings. The van der Waals surface area contributed by atoms with Crippen molar-refractivity contribution in [1.29, 1.82) is 0 Å². The van der Waals surface area contributed by atoms with E-state index < -0.39 is 5.95 Å². The zero-order chi connectivity index (χ0) is 21.7. The minimum Gasteiger partial charge on any atom is -0.316 e. The molecule has 0 aliphatic carbocycles. The summed E-state index contributed by atoms with van der Waals surface area (Å²) in [6.45, 7) is 1.83. The first kappa shape index (κ1) is 21.7. The highest BCUT2D eigenvalue weighted by atomic mass is 35.5. The molecule has 4 nitrogen and oxygen atoms in total. The summed E-state index contributed by atoms with van der Waals surface area (Å²) in [6.07, 6.45) is 2.61. The van der Waals surface area contributed by atoms with Crippen molar-refractivity contribution < 1.29 is 14.0 Å². The van der Waals surface area contributed by atoms with Crippen molar-refractivity contribution in [1.82, 2.24) is 4.98 Å². The Hall–Kier alpha value is -3.05. The van der Waals surface area contributed by atoms with E-state index >= 15 is 0 Å². The highest BCUT2D eigenvalue weighted by molar-refractivity contribution is 6.34. The molecule has 0 spiro atoms. The second-order valence-corrected chi connectivity index (χ2v) is 7.37. The molecule has 154 valence electrons. The number of nitrogens with zero attached hydrogens (tertiary/aromatic N) is 2. The number of hydrogen-bond donors (Lipinski definition) is 0. The lowest BCUT2D eigenvalue weighted by Gasteiger charge is -2.17. The van der Waals surface area contributed by atoms with Crippen LogP contribution >= 0.6 is 11.6 Å². The van der Waals surface area contributed by atoms with Gasteiger partial charge in [0.2, 0.25) is 11.9 Å². The average molecular weight is 425 g/mol. The molecule has 0 fully saturated rings. The van der Waals surface area contributed by atoms with E-state index in [-0.39, 0.29) is 18.1 Å². The maximum atomic E-state index is 12.9. The number of ketones is 1. The predicted molar refractivity (Wildman–Crippen MR) is 117 cm³/mol. The van der Waals surface area contributed by atoms with Crippen molar-refractivity contribution >= 4 is 29.0 Å². The van der Waals surface area contributed by atoms with E-state index in [1.165, 1.54) is 12.3 Å². The largest absolute Gasteiger partial charge is 0.316 e. The number of aryl methyl sites for hydroxylation is 1. The van der Waals surface area contributed by atoms with E-state index in [0.29, 0.717) is 23.4 Å². The van der Waals surface area contributed by atoms with Gasteiger partial charge in [-0.05, 0) is 53.4 Å². The summed E-state index contributed by atoms with van der Waals surface area (Å²) in [5.74, 6) is -0.573.